The molecule has 0 aliphatic rings. The zero-order valence-electron chi connectivity index (χ0n) is 15.9. The Morgan fingerprint density at radius 2 is 1.17 bits per heavy atom. The van der Waals surface area contributed by atoms with Gasteiger partial charge in [0.25, 0.3) is 0 Å². The molecule has 0 amide bonds. The summed E-state index contributed by atoms with van der Waals surface area (Å²) in [7, 11) is 1.95. The Morgan fingerprint density at radius 1 is 0.739 bits per heavy atom. The lowest BCUT2D eigenvalue weighted by molar-refractivity contribution is 0.105. The highest BCUT2D eigenvalue weighted by molar-refractivity contribution is 4.61. The zero-order chi connectivity index (χ0) is 17.2. The average molecular weight is 330 g/mol. The highest BCUT2D eigenvalue weighted by Gasteiger charge is 2.07. The maximum absolute atomic E-state index is 9.90. The highest BCUT2D eigenvalue weighted by Crippen LogP contribution is 2.13. The summed E-state index contributed by atoms with van der Waals surface area (Å²) in [6.45, 7) is 3.77. The summed E-state index contributed by atoms with van der Waals surface area (Å²) in [6.07, 6.45) is 18.4. The number of aliphatic hydroxyl groups is 2. The Labute approximate surface area is 145 Å². The minimum absolute atomic E-state index is 0.169. The van der Waals surface area contributed by atoms with E-state index in [9.17, 15) is 5.11 Å². The molecule has 0 heterocycles. The van der Waals surface area contributed by atoms with Crippen molar-refractivity contribution < 1.29 is 10.2 Å². The number of hydrogen-bond donors (Lipinski definition) is 2. The molecule has 0 fully saturated rings. The van der Waals surface area contributed by atoms with Gasteiger partial charge in [0.15, 0.2) is 0 Å². The molecular weight excluding hydrogens is 286 g/mol. The molecule has 0 saturated carbocycles. The lowest BCUT2D eigenvalue weighted by Gasteiger charge is -2.19. The van der Waals surface area contributed by atoms with Crippen LogP contribution < -0.4 is 0 Å². The molecule has 3 nitrogen and oxygen atoms in total. The van der Waals surface area contributed by atoms with Gasteiger partial charge in [-0.15, -0.1) is 0 Å². The molecule has 0 aliphatic carbocycles. The third-order valence-electron chi connectivity index (χ3n) is 4.65. The first kappa shape index (κ1) is 22.9. The molecule has 0 spiro atoms. The monoisotopic (exact) mass is 329 g/mol. The van der Waals surface area contributed by atoms with Crippen LogP contribution >= 0.6 is 0 Å². The van der Waals surface area contributed by atoms with Crippen molar-refractivity contribution in [2.75, 3.05) is 26.7 Å². The van der Waals surface area contributed by atoms with Gasteiger partial charge in [0, 0.05) is 13.1 Å². The molecule has 23 heavy (non-hydrogen) atoms. The molecule has 0 aliphatic heterocycles. The van der Waals surface area contributed by atoms with Crippen molar-refractivity contribution in [2.45, 2.75) is 103 Å². The first-order valence-corrected chi connectivity index (χ1v) is 10.2. The van der Waals surface area contributed by atoms with Crippen molar-refractivity contribution in [3.05, 3.63) is 0 Å². The maximum atomic E-state index is 9.90. The quantitative estimate of drug-likeness (QED) is 0.357. The Bertz CT molecular complexity index is 224. The number of aliphatic hydroxyl groups excluding tert-OH is 2. The summed E-state index contributed by atoms with van der Waals surface area (Å²) in [5, 5.41) is 18.7. The first-order valence-electron chi connectivity index (χ1n) is 10.2. The molecule has 0 aromatic heterocycles. The van der Waals surface area contributed by atoms with Gasteiger partial charge in [0.2, 0.25) is 0 Å². The van der Waals surface area contributed by atoms with Gasteiger partial charge in [-0.1, -0.05) is 90.4 Å². The molecule has 140 valence electrons. The molecule has 3 heteroatoms. The zero-order valence-corrected chi connectivity index (χ0v) is 15.9. The van der Waals surface area contributed by atoms with E-state index in [1.165, 1.54) is 77.0 Å². The summed E-state index contributed by atoms with van der Waals surface area (Å²) in [5.41, 5.74) is 0. The van der Waals surface area contributed by atoms with E-state index in [1.807, 2.05) is 11.9 Å². The Hall–Kier alpha value is -0.120. The van der Waals surface area contributed by atoms with Crippen LogP contribution in [0.2, 0.25) is 0 Å². The second-order valence-corrected chi connectivity index (χ2v) is 7.17. The second kappa shape index (κ2) is 18.2. The number of rotatable bonds is 18. The molecule has 0 saturated heterocycles. The van der Waals surface area contributed by atoms with E-state index in [0.717, 1.165) is 12.8 Å². The lowest BCUT2D eigenvalue weighted by Crippen LogP contribution is -2.31. The summed E-state index contributed by atoms with van der Waals surface area (Å²) >= 11 is 0. The van der Waals surface area contributed by atoms with Crippen molar-refractivity contribution in [1.82, 2.24) is 4.90 Å². The highest BCUT2D eigenvalue weighted by atomic mass is 16.3. The minimum atomic E-state index is -0.237. The third kappa shape index (κ3) is 18.1. The molecular formula is C20H43NO2. The van der Waals surface area contributed by atoms with E-state index >= 15 is 0 Å². The molecule has 0 unspecified atom stereocenters. The number of likely N-dealkylation sites (N-methyl/N-ethyl adjacent to an activating group) is 1. The average Bonchev–Trinajstić information content (AvgIpc) is 2.52. The van der Waals surface area contributed by atoms with Crippen LogP contribution in [0.3, 0.4) is 0 Å². The van der Waals surface area contributed by atoms with Gasteiger partial charge in [-0.2, -0.15) is 0 Å². The molecule has 0 rings (SSSR count). The Morgan fingerprint density at radius 3 is 1.61 bits per heavy atom. The fourth-order valence-corrected chi connectivity index (χ4v) is 3.11. The number of unbranched alkanes of at least 4 members (excludes halogenated alkanes) is 12. The fraction of sp³-hybridized carbons (Fsp3) is 1.00. The summed E-state index contributed by atoms with van der Waals surface area (Å²) in [6, 6.07) is 0. The van der Waals surface area contributed by atoms with Gasteiger partial charge >= 0.3 is 0 Å². The lowest BCUT2D eigenvalue weighted by atomic mass is 10.0. The molecule has 0 radical (unpaired) electrons. The predicted molar refractivity (Wildman–Crippen MR) is 101 cm³/mol. The summed E-state index contributed by atoms with van der Waals surface area (Å²) < 4.78 is 0. The van der Waals surface area contributed by atoms with Crippen molar-refractivity contribution in [2.24, 2.45) is 0 Å². The van der Waals surface area contributed by atoms with Gasteiger partial charge in [0.05, 0.1) is 12.7 Å². The largest absolute Gasteiger partial charge is 0.395 e. The van der Waals surface area contributed by atoms with Crippen molar-refractivity contribution >= 4 is 0 Å². The van der Waals surface area contributed by atoms with Crippen molar-refractivity contribution in [1.29, 1.82) is 0 Å². The third-order valence-corrected chi connectivity index (χ3v) is 4.65. The van der Waals surface area contributed by atoms with Crippen LogP contribution in [-0.2, 0) is 0 Å². The molecule has 1 atom stereocenters. The van der Waals surface area contributed by atoms with Gasteiger partial charge in [-0.3, -0.25) is 0 Å². The van der Waals surface area contributed by atoms with Crippen molar-refractivity contribution in [3.8, 4) is 0 Å². The standard InChI is InChI=1S/C20H43NO2/c1-3-4-5-6-7-8-9-10-11-12-13-14-15-16-20(23)19-21(2)17-18-22/h20,22-23H,3-19H2,1-2H3/t20-/m1/s1. The van der Waals surface area contributed by atoms with Gasteiger partial charge in [-0.25, -0.2) is 0 Å². The number of nitrogens with zero attached hydrogens (tertiary/aromatic N) is 1. The van der Waals surface area contributed by atoms with Crippen molar-refractivity contribution in [3.63, 3.8) is 0 Å². The van der Waals surface area contributed by atoms with Crippen LogP contribution in [0.25, 0.3) is 0 Å². The molecule has 2 N–H and O–H groups in total. The van der Waals surface area contributed by atoms with Crippen LogP contribution in [0.15, 0.2) is 0 Å². The van der Waals surface area contributed by atoms with E-state index < -0.39 is 0 Å². The predicted octanol–water partition coefficient (Wildman–Crippen LogP) is 4.75. The normalized spacial score (nSPS) is 12.9. The van der Waals surface area contributed by atoms with E-state index in [2.05, 4.69) is 6.92 Å². The van der Waals surface area contributed by atoms with E-state index in [4.69, 9.17) is 5.11 Å². The van der Waals surface area contributed by atoms with Gasteiger partial charge in [0.1, 0.15) is 0 Å². The van der Waals surface area contributed by atoms with E-state index in [0.29, 0.717) is 13.1 Å². The smallest absolute Gasteiger partial charge is 0.0667 e. The van der Waals surface area contributed by atoms with Gasteiger partial charge in [-0.05, 0) is 13.5 Å². The SMILES string of the molecule is CCCCCCCCCCCCCCC[C@@H](O)CN(C)CCO. The summed E-state index contributed by atoms with van der Waals surface area (Å²) in [5.74, 6) is 0. The van der Waals surface area contributed by atoms with E-state index in [1.54, 1.807) is 0 Å². The molecule has 0 aromatic carbocycles. The second-order valence-electron chi connectivity index (χ2n) is 7.17. The minimum Gasteiger partial charge on any atom is -0.395 e. The van der Waals surface area contributed by atoms with Crippen LogP contribution in [-0.4, -0.2) is 48.0 Å². The maximum Gasteiger partial charge on any atom is 0.0667 e. The molecule has 0 bridgehead atoms. The Balaban J connectivity index is 3.15. The van der Waals surface area contributed by atoms with Crippen LogP contribution in [0.4, 0.5) is 0 Å². The fourth-order valence-electron chi connectivity index (χ4n) is 3.11. The van der Waals surface area contributed by atoms with Crippen LogP contribution in [0.5, 0.6) is 0 Å². The number of hydrogen-bond acceptors (Lipinski definition) is 3. The van der Waals surface area contributed by atoms with Crippen LogP contribution in [0, 0.1) is 0 Å². The Kier molecular flexibility index (Phi) is 18.1. The van der Waals surface area contributed by atoms with Crippen LogP contribution in [0.1, 0.15) is 96.8 Å². The van der Waals surface area contributed by atoms with E-state index in [-0.39, 0.29) is 12.7 Å². The summed E-state index contributed by atoms with van der Waals surface area (Å²) in [4.78, 5) is 1.99. The first-order chi connectivity index (χ1) is 11.2. The molecule has 0 aromatic rings. The van der Waals surface area contributed by atoms with Gasteiger partial charge < -0.3 is 15.1 Å². The topological polar surface area (TPSA) is 43.7 Å².